The maximum atomic E-state index is 11.4. The van der Waals surface area contributed by atoms with Gasteiger partial charge in [0, 0.05) is 172 Å². The number of aliphatic hydroxyl groups excluding tert-OH is 1. The Morgan fingerprint density at radius 1 is 0.368 bits per heavy atom. The summed E-state index contributed by atoms with van der Waals surface area (Å²) < 4.78 is 11.8. The van der Waals surface area contributed by atoms with Gasteiger partial charge in [-0.05, 0) is 250 Å². The zero-order valence-electron chi connectivity index (χ0n) is 46.7. The van der Waals surface area contributed by atoms with Crippen molar-refractivity contribution in [3.63, 3.8) is 0 Å². The molecule has 0 aromatic heterocycles. The molecule has 0 fully saturated rings. The van der Waals surface area contributed by atoms with E-state index in [9.17, 15) is 10.2 Å². The standard InChI is InChI=1S/C83H32O4/c1-6-10-13-15-17-19-21-23-25-27-29-31-33-35-37-39-41-43-45-47-49-51-53-55-57-59-61-63-65-76-68-75(5)83(87-74-81(84)73-86-67-12-8-3)80(71-76)72-79-70-77(69-78(9-4)82(79)85)66-64-62-60-58-56-54-52-50-48-46-44-42-40-38-36-34-32-30-28-26-24-22-20-18-16-14-11-7-2/h1-2,68-71,81,84-85H,8-9,12,67,72-74H2,3-5H3. The molecule has 388 valence electrons. The Labute approximate surface area is 514 Å². The molecule has 0 saturated carbocycles. The number of unbranched alkanes of at least 4 members (excludes halogenated alkanes) is 1. The fourth-order valence-corrected chi connectivity index (χ4v) is 5.23. The van der Waals surface area contributed by atoms with Gasteiger partial charge in [-0.3, -0.25) is 0 Å². The molecule has 4 heteroatoms. The molecule has 0 aliphatic heterocycles. The molecule has 2 N–H and O–H groups in total. The Kier molecular flexibility index (Phi) is 39.2. The lowest BCUT2D eigenvalue weighted by atomic mass is 9.94. The summed E-state index contributed by atoms with van der Waals surface area (Å²) in [7, 11) is 0. The quantitative estimate of drug-likeness (QED) is 0.258. The maximum Gasteiger partial charge on any atom is 0.125 e. The lowest BCUT2D eigenvalue weighted by molar-refractivity contribution is 0.0110. The topological polar surface area (TPSA) is 58.9 Å². The van der Waals surface area contributed by atoms with E-state index in [4.69, 9.17) is 22.3 Å². The van der Waals surface area contributed by atoms with Crippen molar-refractivity contribution in [3.05, 3.63) is 57.6 Å². The fourth-order valence-electron chi connectivity index (χ4n) is 5.23. The third-order valence-electron chi connectivity index (χ3n) is 8.56. The van der Waals surface area contributed by atoms with E-state index in [2.05, 4.69) is 350 Å². The van der Waals surface area contributed by atoms with Crippen molar-refractivity contribution >= 4 is 0 Å². The summed E-state index contributed by atoms with van der Waals surface area (Å²) in [6, 6.07) is 7.29. The lowest BCUT2D eigenvalue weighted by Crippen LogP contribution is -2.24. The van der Waals surface area contributed by atoms with Gasteiger partial charge >= 0.3 is 0 Å². The number of benzene rings is 2. The van der Waals surface area contributed by atoms with Crippen molar-refractivity contribution < 1.29 is 19.7 Å². The number of rotatable bonds is 11. The number of aliphatic hydroxyl groups is 1. The molecule has 2 rings (SSSR count). The second-order valence-corrected chi connectivity index (χ2v) is 14.6. The number of phenolic OH excluding ortho intramolecular Hbond substituents is 1. The van der Waals surface area contributed by atoms with Gasteiger partial charge in [0.1, 0.15) is 24.2 Å². The van der Waals surface area contributed by atoms with Crippen LogP contribution in [0.3, 0.4) is 0 Å². The van der Waals surface area contributed by atoms with E-state index in [0.29, 0.717) is 46.6 Å². The van der Waals surface area contributed by atoms with E-state index < -0.39 is 6.10 Å². The molecule has 0 saturated heterocycles. The average molecular weight is 1090 g/mol. The zero-order valence-corrected chi connectivity index (χ0v) is 46.7. The van der Waals surface area contributed by atoms with E-state index in [1.807, 2.05) is 26.0 Å². The highest BCUT2D eigenvalue weighted by Gasteiger charge is 2.16. The van der Waals surface area contributed by atoms with Crippen LogP contribution in [0.2, 0.25) is 0 Å². The van der Waals surface area contributed by atoms with Gasteiger partial charge in [-0.15, -0.1) is 12.8 Å². The fraction of sp³-hybridized carbons (Fsp3) is 0.133. The van der Waals surface area contributed by atoms with Crippen molar-refractivity contribution in [1.82, 2.24) is 0 Å². The first-order chi connectivity index (χ1) is 42.9. The highest BCUT2D eigenvalue weighted by Crippen LogP contribution is 2.33. The Morgan fingerprint density at radius 2 is 0.644 bits per heavy atom. The Hall–Kier alpha value is -15.2. The second kappa shape index (κ2) is 50.3. The van der Waals surface area contributed by atoms with Crippen molar-refractivity contribution in [1.29, 1.82) is 0 Å². The molecule has 1 unspecified atom stereocenters. The molecule has 0 aliphatic carbocycles. The molecular weight excluding hydrogens is 1060 g/mol. The van der Waals surface area contributed by atoms with Gasteiger partial charge in [-0.25, -0.2) is 0 Å². The number of aryl methyl sites for hydroxylation is 2. The number of terminal acetylenes is 2. The van der Waals surface area contributed by atoms with Crippen LogP contribution in [0, 0.1) is 363 Å². The molecular formula is C83H32O4. The smallest absolute Gasteiger partial charge is 0.125 e. The molecule has 87 heavy (non-hydrogen) atoms. The first kappa shape index (κ1) is 67.9. The van der Waals surface area contributed by atoms with Crippen LogP contribution in [-0.2, 0) is 17.6 Å². The summed E-state index contributed by atoms with van der Waals surface area (Å²) in [6.07, 6.45) is 11.7. The summed E-state index contributed by atoms with van der Waals surface area (Å²) in [5.41, 5.74) is 4.00. The molecule has 0 radical (unpaired) electrons. The van der Waals surface area contributed by atoms with Gasteiger partial charge in [0.25, 0.3) is 0 Å². The molecule has 0 aliphatic rings. The van der Waals surface area contributed by atoms with Crippen LogP contribution in [0.1, 0.15) is 60.1 Å². The number of phenols is 1. The first-order valence-corrected chi connectivity index (χ1v) is 24.7. The summed E-state index contributed by atoms with van der Waals surface area (Å²) >= 11 is 0. The number of ether oxygens (including phenoxy) is 2. The highest BCUT2D eigenvalue weighted by atomic mass is 16.5. The largest absolute Gasteiger partial charge is 0.507 e. The lowest BCUT2D eigenvalue weighted by Gasteiger charge is -2.19. The third kappa shape index (κ3) is 38.1. The summed E-state index contributed by atoms with van der Waals surface area (Å²) in [5.74, 6) is 148. The maximum absolute atomic E-state index is 11.4. The van der Waals surface area contributed by atoms with Gasteiger partial charge in [-0.2, -0.15) is 0 Å². The van der Waals surface area contributed by atoms with Crippen LogP contribution in [0.4, 0.5) is 0 Å². The normalized spacial score (nSPS) is 6.69. The number of hydrogen-bond donors (Lipinski definition) is 2. The van der Waals surface area contributed by atoms with Gasteiger partial charge in [0.2, 0.25) is 0 Å². The van der Waals surface area contributed by atoms with Crippen LogP contribution in [0.5, 0.6) is 11.5 Å². The van der Waals surface area contributed by atoms with E-state index in [0.717, 1.165) is 18.4 Å². The molecule has 1 atom stereocenters. The van der Waals surface area contributed by atoms with Crippen LogP contribution in [0.25, 0.3) is 0 Å². The van der Waals surface area contributed by atoms with Crippen molar-refractivity contribution in [2.75, 3.05) is 19.8 Å². The Morgan fingerprint density at radius 3 is 0.943 bits per heavy atom. The summed E-state index contributed by atoms with van der Waals surface area (Å²) in [5, 5.41) is 22.1. The second-order valence-electron chi connectivity index (χ2n) is 14.6. The molecule has 0 bridgehead atoms. The molecule has 0 amide bonds. The minimum atomic E-state index is -0.870. The van der Waals surface area contributed by atoms with E-state index in [-0.39, 0.29) is 25.4 Å². The van der Waals surface area contributed by atoms with Gasteiger partial charge in [0.05, 0.1) is 6.61 Å². The number of hydrogen-bond acceptors (Lipinski definition) is 4. The van der Waals surface area contributed by atoms with E-state index in [1.54, 1.807) is 12.1 Å². The predicted octanol–water partition coefficient (Wildman–Crippen LogP) is 4.47. The van der Waals surface area contributed by atoms with E-state index in [1.165, 1.54) is 0 Å². The highest BCUT2D eigenvalue weighted by molar-refractivity contribution is 5.58. The average Bonchev–Trinajstić information content (AvgIpc) is 1.86. The van der Waals surface area contributed by atoms with Gasteiger partial charge in [0.15, 0.2) is 0 Å². The van der Waals surface area contributed by atoms with Crippen molar-refractivity contribution in [2.45, 2.75) is 52.6 Å². The molecule has 4 nitrogen and oxygen atoms in total. The minimum Gasteiger partial charge on any atom is -0.507 e. The monoisotopic (exact) mass is 1090 g/mol. The van der Waals surface area contributed by atoms with Crippen LogP contribution in [-0.4, -0.2) is 36.1 Å². The summed E-state index contributed by atoms with van der Waals surface area (Å²) in [6.45, 7) is 6.51. The van der Waals surface area contributed by atoms with E-state index >= 15 is 0 Å². The van der Waals surface area contributed by atoms with Crippen molar-refractivity contribution in [2.24, 2.45) is 0 Å². The minimum absolute atomic E-state index is 0.0199. The molecule has 2 aromatic carbocycles. The molecule has 0 heterocycles. The summed E-state index contributed by atoms with van der Waals surface area (Å²) in [4.78, 5) is 0. The SMILES string of the molecule is C#CC#CC#CC#CC#CC#CC#CC#CC#CC#CC#CC#CC#CC#CC#Cc1cc(CC)c(O)c(Cc2cc(C#CC#CC#CC#CC#CC#CC#CC#CC#CC#CC#CC#CC#CC#CC#C)cc(C)c2OCC(O)COCCCC)c1. The third-order valence-corrected chi connectivity index (χ3v) is 8.56. The molecule has 2 aromatic rings. The Balaban J connectivity index is 2.18. The van der Waals surface area contributed by atoms with Crippen LogP contribution in [0.15, 0.2) is 24.3 Å². The van der Waals surface area contributed by atoms with Crippen LogP contribution < -0.4 is 4.74 Å². The zero-order chi connectivity index (χ0) is 62.4. The van der Waals surface area contributed by atoms with Gasteiger partial charge in [-0.1, -0.05) is 32.1 Å². The predicted molar refractivity (Wildman–Crippen MR) is 342 cm³/mol. The first-order valence-electron chi connectivity index (χ1n) is 24.7. The van der Waals surface area contributed by atoms with Gasteiger partial charge < -0.3 is 19.7 Å². The number of aromatic hydroxyl groups is 1. The molecule has 0 spiro atoms. The van der Waals surface area contributed by atoms with Crippen LogP contribution >= 0.6 is 0 Å². The van der Waals surface area contributed by atoms with Crippen molar-refractivity contribution in [3.8, 4) is 368 Å². The Bertz CT molecular complexity index is 5120.